The number of sulfonamides is 1. The van der Waals surface area contributed by atoms with E-state index in [1.54, 1.807) is 24.5 Å². The van der Waals surface area contributed by atoms with Gasteiger partial charge in [-0.2, -0.15) is 0 Å². The maximum absolute atomic E-state index is 12.2. The van der Waals surface area contributed by atoms with E-state index in [0.29, 0.717) is 14.6 Å². The lowest BCUT2D eigenvalue weighted by Gasteiger charge is -2.08. The van der Waals surface area contributed by atoms with E-state index in [4.69, 9.17) is 0 Å². The minimum absolute atomic E-state index is 0.0918. The van der Waals surface area contributed by atoms with Gasteiger partial charge in [-0.25, -0.2) is 13.1 Å². The predicted octanol–water partition coefficient (Wildman–Crippen LogP) is 2.79. The van der Waals surface area contributed by atoms with Gasteiger partial charge in [-0.05, 0) is 41.1 Å². The van der Waals surface area contributed by atoms with Crippen LogP contribution in [0.1, 0.15) is 11.4 Å². The Labute approximate surface area is 134 Å². The first-order chi connectivity index (χ1) is 9.38. The molecule has 1 aromatic carbocycles. The van der Waals surface area contributed by atoms with E-state index >= 15 is 0 Å². The van der Waals surface area contributed by atoms with Gasteiger partial charge < -0.3 is 0 Å². The van der Waals surface area contributed by atoms with Crippen molar-refractivity contribution in [3.8, 4) is 0 Å². The van der Waals surface area contributed by atoms with Gasteiger partial charge in [0.25, 0.3) is 0 Å². The van der Waals surface area contributed by atoms with Gasteiger partial charge in [0, 0.05) is 15.1 Å². The number of halogens is 2. The van der Waals surface area contributed by atoms with Crippen molar-refractivity contribution in [2.24, 2.45) is 0 Å². The molecule has 0 atom stereocenters. The summed E-state index contributed by atoms with van der Waals surface area (Å²) in [5.74, 6) is 0. The molecule has 0 aliphatic carbocycles. The first-order valence-electron chi connectivity index (χ1n) is 5.61. The van der Waals surface area contributed by atoms with Crippen molar-refractivity contribution >= 4 is 41.9 Å². The maximum atomic E-state index is 12.2. The molecule has 2 aromatic rings. The average molecular weight is 421 g/mol. The number of hydrogen-bond acceptors (Lipinski definition) is 4. The molecule has 0 saturated carbocycles. The van der Waals surface area contributed by atoms with Crippen molar-refractivity contribution in [2.45, 2.75) is 18.4 Å². The van der Waals surface area contributed by atoms with E-state index in [9.17, 15) is 8.42 Å². The smallest absolute Gasteiger partial charge is 0.242 e. The molecule has 0 fully saturated rings. The standard InChI is InChI=1S/C12H11Br2N3O2S/c1-8-5-16-10(6-15-8)7-17-20(18,19)12-4-9(13)2-3-11(12)14/h2-6,17H,7H2,1H3. The third-order valence-corrected chi connectivity index (χ3v) is 5.35. The van der Waals surface area contributed by atoms with Crippen LogP contribution in [0, 0.1) is 6.92 Å². The predicted molar refractivity (Wildman–Crippen MR) is 82.6 cm³/mol. The molecule has 1 heterocycles. The Bertz CT molecular complexity index is 718. The van der Waals surface area contributed by atoms with Crippen LogP contribution in [0.2, 0.25) is 0 Å². The number of aromatic nitrogens is 2. The number of hydrogen-bond donors (Lipinski definition) is 1. The highest BCUT2D eigenvalue weighted by molar-refractivity contribution is 9.11. The SMILES string of the molecule is Cc1cnc(CNS(=O)(=O)c2cc(Br)ccc2Br)cn1. The molecule has 0 unspecified atom stereocenters. The normalized spacial score (nSPS) is 11.6. The molecular weight excluding hydrogens is 410 g/mol. The first-order valence-corrected chi connectivity index (χ1v) is 8.67. The van der Waals surface area contributed by atoms with Crippen LogP contribution in [-0.2, 0) is 16.6 Å². The highest BCUT2D eigenvalue weighted by atomic mass is 79.9. The van der Waals surface area contributed by atoms with Gasteiger partial charge in [0.2, 0.25) is 10.0 Å². The molecule has 0 aliphatic heterocycles. The van der Waals surface area contributed by atoms with E-state index in [0.717, 1.165) is 5.69 Å². The fraction of sp³-hybridized carbons (Fsp3) is 0.167. The highest BCUT2D eigenvalue weighted by Gasteiger charge is 2.18. The van der Waals surface area contributed by atoms with Crippen molar-refractivity contribution < 1.29 is 8.42 Å². The lowest BCUT2D eigenvalue weighted by molar-refractivity contribution is 0.579. The van der Waals surface area contributed by atoms with Crippen molar-refractivity contribution in [3.63, 3.8) is 0 Å². The molecule has 5 nitrogen and oxygen atoms in total. The summed E-state index contributed by atoms with van der Waals surface area (Å²) < 4.78 is 28.2. The summed E-state index contributed by atoms with van der Waals surface area (Å²) in [6.45, 7) is 1.91. The van der Waals surface area contributed by atoms with Crippen molar-refractivity contribution in [3.05, 3.63) is 50.9 Å². The zero-order chi connectivity index (χ0) is 14.8. The van der Waals surface area contributed by atoms with Gasteiger partial charge in [-0.1, -0.05) is 15.9 Å². The lowest BCUT2D eigenvalue weighted by Crippen LogP contribution is -2.24. The van der Waals surface area contributed by atoms with Crippen LogP contribution in [0.4, 0.5) is 0 Å². The third kappa shape index (κ3) is 3.85. The van der Waals surface area contributed by atoms with Crippen LogP contribution in [0.15, 0.2) is 44.4 Å². The van der Waals surface area contributed by atoms with Gasteiger partial charge in [0.05, 0.1) is 29.0 Å². The molecule has 0 spiro atoms. The number of benzene rings is 1. The monoisotopic (exact) mass is 419 g/mol. The second-order valence-electron chi connectivity index (χ2n) is 4.05. The molecule has 1 N–H and O–H groups in total. The Hall–Kier alpha value is -0.830. The average Bonchev–Trinajstić information content (AvgIpc) is 2.41. The second kappa shape index (κ2) is 6.30. The van der Waals surface area contributed by atoms with Gasteiger partial charge in [0.15, 0.2) is 0 Å². The molecule has 0 amide bonds. The van der Waals surface area contributed by atoms with Crippen molar-refractivity contribution in [1.29, 1.82) is 0 Å². The molecule has 8 heteroatoms. The Kier molecular flexibility index (Phi) is 4.90. The van der Waals surface area contributed by atoms with Crippen LogP contribution in [0.25, 0.3) is 0 Å². The molecular formula is C12H11Br2N3O2S. The van der Waals surface area contributed by atoms with E-state index < -0.39 is 10.0 Å². The quantitative estimate of drug-likeness (QED) is 0.825. The molecule has 0 bridgehead atoms. The fourth-order valence-electron chi connectivity index (χ4n) is 1.44. The summed E-state index contributed by atoms with van der Waals surface area (Å²) in [5.41, 5.74) is 1.34. The van der Waals surface area contributed by atoms with Gasteiger partial charge in [-0.3, -0.25) is 9.97 Å². The van der Waals surface area contributed by atoms with E-state index in [1.165, 1.54) is 6.07 Å². The summed E-state index contributed by atoms with van der Waals surface area (Å²) in [6, 6.07) is 4.96. The fourth-order valence-corrected chi connectivity index (χ4v) is 3.94. The summed E-state index contributed by atoms with van der Waals surface area (Å²) in [6.07, 6.45) is 3.15. The number of nitrogens with one attached hydrogen (secondary N) is 1. The van der Waals surface area contributed by atoms with Gasteiger partial charge >= 0.3 is 0 Å². The molecule has 2 rings (SSSR count). The largest absolute Gasteiger partial charge is 0.258 e. The van der Waals surface area contributed by atoms with Crippen molar-refractivity contribution in [2.75, 3.05) is 0 Å². The van der Waals surface area contributed by atoms with Gasteiger partial charge in [-0.15, -0.1) is 0 Å². The Morgan fingerprint density at radius 3 is 2.60 bits per heavy atom. The highest BCUT2D eigenvalue weighted by Crippen LogP contribution is 2.25. The van der Waals surface area contributed by atoms with Crippen LogP contribution in [-0.4, -0.2) is 18.4 Å². The zero-order valence-electron chi connectivity index (χ0n) is 10.5. The van der Waals surface area contributed by atoms with Crippen LogP contribution in [0.5, 0.6) is 0 Å². The summed E-state index contributed by atoms with van der Waals surface area (Å²) >= 11 is 6.49. The first kappa shape index (κ1) is 15.6. The van der Waals surface area contributed by atoms with Crippen LogP contribution < -0.4 is 4.72 Å². The molecule has 1 aromatic heterocycles. The molecule has 0 saturated heterocycles. The van der Waals surface area contributed by atoms with E-state index in [1.807, 2.05) is 6.92 Å². The topological polar surface area (TPSA) is 72.0 Å². The van der Waals surface area contributed by atoms with Gasteiger partial charge in [0.1, 0.15) is 0 Å². The molecule has 106 valence electrons. The maximum Gasteiger partial charge on any atom is 0.242 e. The number of nitrogens with zero attached hydrogens (tertiary/aromatic N) is 2. The summed E-state index contributed by atoms with van der Waals surface area (Å²) in [5, 5.41) is 0. The summed E-state index contributed by atoms with van der Waals surface area (Å²) in [4.78, 5) is 8.35. The zero-order valence-corrected chi connectivity index (χ0v) is 14.5. The Morgan fingerprint density at radius 1 is 1.20 bits per heavy atom. The lowest BCUT2D eigenvalue weighted by atomic mass is 10.4. The third-order valence-electron chi connectivity index (χ3n) is 2.46. The minimum atomic E-state index is -3.62. The van der Waals surface area contributed by atoms with Crippen LogP contribution in [0.3, 0.4) is 0 Å². The van der Waals surface area contributed by atoms with Crippen molar-refractivity contribution in [1.82, 2.24) is 14.7 Å². The minimum Gasteiger partial charge on any atom is -0.258 e. The molecule has 0 aliphatic rings. The van der Waals surface area contributed by atoms with Crippen LogP contribution >= 0.6 is 31.9 Å². The second-order valence-corrected chi connectivity index (χ2v) is 7.55. The molecule has 0 radical (unpaired) electrons. The van der Waals surface area contributed by atoms with E-state index in [-0.39, 0.29) is 11.4 Å². The molecule has 20 heavy (non-hydrogen) atoms. The van der Waals surface area contributed by atoms with E-state index in [2.05, 4.69) is 46.5 Å². The number of aryl methyl sites for hydroxylation is 1. The Balaban J connectivity index is 2.19. The Morgan fingerprint density at radius 2 is 1.95 bits per heavy atom. The number of rotatable bonds is 4. The summed E-state index contributed by atoms with van der Waals surface area (Å²) in [7, 11) is -3.62.